The summed E-state index contributed by atoms with van der Waals surface area (Å²) in [5.41, 5.74) is 1.82. The van der Waals surface area contributed by atoms with Crippen LogP contribution in [0.4, 0.5) is 0 Å². The summed E-state index contributed by atoms with van der Waals surface area (Å²) in [6.45, 7) is 0. The van der Waals surface area contributed by atoms with Gasteiger partial charge in [-0.05, 0) is 23.8 Å². The molecule has 3 rings (SSSR count). The van der Waals surface area contributed by atoms with E-state index in [0.717, 1.165) is 11.8 Å². The number of para-hydroxylation sites is 1. The van der Waals surface area contributed by atoms with Gasteiger partial charge in [0.2, 0.25) is 0 Å². The molecule has 1 N–H and O–H groups in total. The first-order valence-corrected chi connectivity index (χ1v) is 8.24. The summed E-state index contributed by atoms with van der Waals surface area (Å²) in [5, 5.41) is 10.7. The fraction of sp³-hybridized carbons (Fsp3) is 0.0625. The van der Waals surface area contributed by atoms with Gasteiger partial charge in [0.15, 0.2) is 9.84 Å². The van der Waals surface area contributed by atoms with Crippen LogP contribution in [-0.4, -0.2) is 24.8 Å². The van der Waals surface area contributed by atoms with Gasteiger partial charge in [0.05, 0.1) is 10.4 Å². The molecule has 106 valence electrons. The lowest BCUT2D eigenvalue weighted by molar-refractivity contribution is 0.477. The van der Waals surface area contributed by atoms with E-state index in [1.165, 1.54) is 6.07 Å². The van der Waals surface area contributed by atoms with Crippen molar-refractivity contribution in [1.29, 1.82) is 0 Å². The number of aromatic nitrogens is 1. The number of nitrogens with zero attached hydrogens (tertiary/aromatic N) is 1. The SMILES string of the molecule is CS(=O)(=O)c1ccc(-c2ccccc2O)c2cccnc12. The van der Waals surface area contributed by atoms with Crippen LogP contribution >= 0.6 is 0 Å². The Balaban J connectivity index is 2.41. The van der Waals surface area contributed by atoms with E-state index in [2.05, 4.69) is 4.98 Å². The Morgan fingerprint density at radius 1 is 0.952 bits per heavy atom. The van der Waals surface area contributed by atoms with Crippen molar-refractivity contribution in [3.05, 3.63) is 54.7 Å². The standard InChI is InChI=1S/C16H13NO3S/c1-21(19,20)15-9-8-11(12-5-2-3-7-14(12)18)13-6-4-10-17-16(13)15/h2-10,18H,1H3. The highest BCUT2D eigenvalue weighted by Crippen LogP contribution is 2.35. The predicted octanol–water partition coefficient (Wildman–Crippen LogP) is 3.01. The lowest BCUT2D eigenvalue weighted by atomic mass is 10.00. The number of pyridine rings is 1. The highest BCUT2D eigenvalue weighted by atomic mass is 32.2. The van der Waals surface area contributed by atoms with Crippen LogP contribution in [0, 0.1) is 0 Å². The summed E-state index contributed by atoms with van der Waals surface area (Å²) in [7, 11) is -3.36. The lowest BCUT2D eigenvalue weighted by Gasteiger charge is -2.10. The van der Waals surface area contributed by atoms with Gasteiger partial charge >= 0.3 is 0 Å². The van der Waals surface area contributed by atoms with E-state index in [1.54, 1.807) is 42.6 Å². The summed E-state index contributed by atoms with van der Waals surface area (Å²) in [4.78, 5) is 4.39. The number of aromatic hydroxyl groups is 1. The first-order chi connectivity index (χ1) is 9.98. The average molecular weight is 299 g/mol. The minimum absolute atomic E-state index is 0.148. The maximum atomic E-state index is 11.9. The van der Waals surface area contributed by atoms with Crippen LogP contribution in [0.2, 0.25) is 0 Å². The fourth-order valence-electron chi connectivity index (χ4n) is 2.38. The molecule has 1 aromatic heterocycles. The monoisotopic (exact) mass is 299 g/mol. The Kier molecular flexibility index (Phi) is 3.14. The van der Waals surface area contributed by atoms with Crippen LogP contribution in [0.5, 0.6) is 5.75 Å². The van der Waals surface area contributed by atoms with Crippen molar-refractivity contribution in [2.45, 2.75) is 4.90 Å². The summed E-state index contributed by atoms with van der Waals surface area (Å²) >= 11 is 0. The molecule has 4 nitrogen and oxygen atoms in total. The van der Waals surface area contributed by atoms with Gasteiger partial charge in [-0.15, -0.1) is 0 Å². The van der Waals surface area contributed by atoms with E-state index in [0.29, 0.717) is 16.5 Å². The second-order valence-electron chi connectivity index (χ2n) is 4.80. The number of rotatable bonds is 2. The topological polar surface area (TPSA) is 67.3 Å². The number of hydrogen-bond acceptors (Lipinski definition) is 4. The van der Waals surface area contributed by atoms with Gasteiger partial charge in [-0.3, -0.25) is 4.98 Å². The first kappa shape index (κ1) is 13.6. The molecule has 0 aliphatic carbocycles. The van der Waals surface area contributed by atoms with E-state index < -0.39 is 9.84 Å². The molecular formula is C16H13NO3S. The molecule has 0 unspecified atom stereocenters. The molecule has 0 fully saturated rings. The Morgan fingerprint density at radius 2 is 1.71 bits per heavy atom. The van der Waals surface area contributed by atoms with Crippen molar-refractivity contribution in [2.24, 2.45) is 0 Å². The minimum atomic E-state index is -3.36. The Labute approximate surface area is 122 Å². The highest BCUT2D eigenvalue weighted by Gasteiger charge is 2.16. The zero-order valence-corrected chi connectivity index (χ0v) is 12.1. The molecule has 21 heavy (non-hydrogen) atoms. The summed E-state index contributed by atoms with van der Waals surface area (Å²) in [5.74, 6) is 0.148. The van der Waals surface area contributed by atoms with Crippen LogP contribution < -0.4 is 0 Å². The summed E-state index contributed by atoms with van der Waals surface area (Å²) in [6, 6.07) is 13.7. The van der Waals surface area contributed by atoms with Gasteiger partial charge in [0.1, 0.15) is 5.75 Å². The lowest BCUT2D eigenvalue weighted by Crippen LogP contribution is -2.00. The summed E-state index contributed by atoms with van der Waals surface area (Å²) < 4.78 is 23.7. The van der Waals surface area contributed by atoms with Crippen LogP contribution in [0.1, 0.15) is 0 Å². The molecule has 5 heteroatoms. The Hall–Kier alpha value is -2.40. The average Bonchev–Trinajstić information content (AvgIpc) is 2.46. The molecule has 0 radical (unpaired) electrons. The zero-order chi connectivity index (χ0) is 15.0. The molecule has 0 aliphatic rings. The number of hydrogen-bond donors (Lipinski definition) is 1. The third-order valence-corrected chi connectivity index (χ3v) is 4.45. The highest BCUT2D eigenvalue weighted by molar-refractivity contribution is 7.91. The molecule has 0 amide bonds. The van der Waals surface area contributed by atoms with E-state index >= 15 is 0 Å². The second-order valence-corrected chi connectivity index (χ2v) is 6.78. The third kappa shape index (κ3) is 2.36. The van der Waals surface area contributed by atoms with Crippen molar-refractivity contribution < 1.29 is 13.5 Å². The molecule has 0 atom stereocenters. The maximum absolute atomic E-state index is 11.9. The maximum Gasteiger partial charge on any atom is 0.177 e. The largest absolute Gasteiger partial charge is 0.507 e. The van der Waals surface area contributed by atoms with E-state index in [-0.39, 0.29) is 10.6 Å². The number of benzene rings is 2. The van der Waals surface area contributed by atoms with Gasteiger partial charge in [0, 0.05) is 23.4 Å². The van der Waals surface area contributed by atoms with Crippen LogP contribution in [0.15, 0.2) is 59.6 Å². The van der Waals surface area contributed by atoms with Gasteiger partial charge in [-0.25, -0.2) is 8.42 Å². The number of phenolic OH excluding ortho intramolecular Hbond substituents is 1. The smallest absolute Gasteiger partial charge is 0.177 e. The summed E-state index contributed by atoms with van der Waals surface area (Å²) in [6.07, 6.45) is 2.72. The van der Waals surface area contributed by atoms with Crippen molar-refractivity contribution >= 4 is 20.7 Å². The van der Waals surface area contributed by atoms with E-state index in [4.69, 9.17) is 0 Å². The number of fused-ring (bicyclic) bond motifs is 1. The normalized spacial score (nSPS) is 11.7. The molecule has 0 saturated heterocycles. The molecule has 0 saturated carbocycles. The van der Waals surface area contributed by atoms with Crippen LogP contribution in [-0.2, 0) is 9.84 Å². The molecule has 1 heterocycles. The van der Waals surface area contributed by atoms with E-state index in [9.17, 15) is 13.5 Å². The van der Waals surface area contributed by atoms with Crippen molar-refractivity contribution in [1.82, 2.24) is 4.98 Å². The second kappa shape index (κ2) is 4.86. The van der Waals surface area contributed by atoms with Crippen LogP contribution in [0.25, 0.3) is 22.0 Å². The van der Waals surface area contributed by atoms with Crippen molar-refractivity contribution in [3.63, 3.8) is 0 Å². The zero-order valence-electron chi connectivity index (χ0n) is 11.3. The molecular weight excluding hydrogens is 286 g/mol. The fourth-order valence-corrected chi connectivity index (χ4v) is 3.21. The third-order valence-electron chi connectivity index (χ3n) is 3.33. The number of phenols is 1. The Bertz CT molecular complexity index is 933. The Morgan fingerprint density at radius 3 is 2.43 bits per heavy atom. The molecule has 0 aliphatic heterocycles. The van der Waals surface area contributed by atoms with Crippen molar-refractivity contribution in [3.8, 4) is 16.9 Å². The molecule has 0 spiro atoms. The number of sulfone groups is 1. The molecule has 2 aromatic carbocycles. The van der Waals surface area contributed by atoms with Crippen molar-refractivity contribution in [2.75, 3.05) is 6.26 Å². The predicted molar refractivity (Wildman–Crippen MR) is 82.0 cm³/mol. The quantitative estimate of drug-likeness (QED) is 0.790. The van der Waals surface area contributed by atoms with Gasteiger partial charge in [-0.2, -0.15) is 0 Å². The minimum Gasteiger partial charge on any atom is -0.507 e. The van der Waals surface area contributed by atoms with Gasteiger partial charge in [-0.1, -0.05) is 30.3 Å². The van der Waals surface area contributed by atoms with Gasteiger partial charge < -0.3 is 5.11 Å². The van der Waals surface area contributed by atoms with Gasteiger partial charge in [0.25, 0.3) is 0 Å². The molecule has 3 aromatic rings. The first-order valence-electron chi connectivity index (χ1n) is 6.34. The van der Waals surface area contributed by atoms with E-state index in [1.807, 2.05) is 6.07 Å². The van der Waals surface area contributed by atoms with Crippen LogP contribution in [0.3, 0.4) is 0 Å². The molecule has 0 bridgehead atoms.